The van der Waals surface area contributed by atoms with Crippen LogP contribution in [-0.4, -0.2) is 29.5 Å². The van der Waals surface area contributed by atoms with E-state index >= 15 is 0 Å². The fourth-order valence-corrected chi connectivity index (χ4v) is 6.12. The largest absolute Gasteiger partial charge is 0.492 e. The Labute approximate surface area is 167 Å². The van der Waals surface area contributed by atoms with Gasteiger partial charge < -0.3 is 4.74 Å². The van der Waals surface area contributed by atoms with Crippen LogP contribution in [0.5, 0.6) is 5.75 Å². The van der Waals surface area contributed by atoms with Crippen LogP contribution in [0.15, 0.2) is 50.7 Å². The normalized spacial score (nSPS) is 17.0. The van der Waals surface area contributed by atoms with Crippen molar-refractivity contribution in [3.8, 4) is 5.75 Å². The lowest BCUT2D eigenvalue weighted by atomic mass is 10.1. The highest BCUT2D eigenvalue weighted by atomic mass is 79.9. The van der Waals surface area contributed by atoms with E-state index in [2.05, 4.69) is 15.9 Å². The van der Waals surface area contributed by atoms with Gasteiger partial charge >= 0.3 is 0 Å². The molecule has 3 rings (SSSR count). The Morgan fingerprint density at radius 1 is 1.19 bits per heavy atom. The van der Waals surface area contributed by atoms with Gasteiger partial charge in [-0.25, -0.2) is 22.0 Å². The second-order valence-electron chi connectivity index (χ2n) is 6.21. The molecule has 0 aromatic heterocycles. The maximum Gasteiger partial charge on any atom is 0.268 e. The number of benzene rings is 2. The number of hydrogen-bond donors (Lipinski definition) is 1. The molecule has 2 N–H and O–H groups in total. The molecule has 0 saturated heterocycles. The van der Waals surface area contributed by atoms with Gasteiger partial charge in [0, 0.05) is 10.5 Å². The zero-order valence-electron chi connectivity index (χ0n) is 14.7. The third-order valence-electron chi connectivity index (χ3n) is 4.28. The number of primary sulfonamides is 1. The van der Waals surface area contributed by atoms with Crippen molar-refractivity contribution in [2.24, 2.45) is 5.14 Å². The van der Waals surface area contributed by atoms with E-state index in [1.807, 2.05) is 0 Å². The molecule has 27 heavy (non-hydrogen) atoms. The van der Waals surface area contributed by atoms with E-state index in [0.29, 0.717) is 28.8 Å². The molecule has 0 amide bonds. The van der Waals surface area contributed by atoms with Gasteiger partial charge in [0.25, 0.3) is 10.0 Å². The van der Waals surface area contributed by atoms with Gasteiger partial charge in [-0.3, -0.25) is 4.31 Å². The lowest BCUT2D eigenvalue weighted by molar-refractivity contribution is 0.331. The fourth-order valence-electron chi connectivity index (χ4n) is 3.19. The SMILES string of the molecule is CCOc1ccc(Br)cc1S(=O)(=O)N1c2ccc(S(N)(=O)=O)cc2C[C@H]1C. The quantitative estimate of drug-likeness (QED) is 0.716. The summed E-state index contributed by atoms with van der Waals surface area (Å²) in [5.41, 5.74) is 1.06. The molecule has 0 unspecified atom stereocenters. The predicted molar refractivity (Wildman–Crippen MR) is 106 cm³/mol. The average molecular weight is 475 g/mol. The van der Waals surface area contributed by atoms with Crippen molar-refractivity contribution in [1.29, 1.82) is 0 Å². The van der Waals surface area contributed by atoms with Crippen LogP contribution in [0.1, 0.15) is 19.4 Å². The smallest absolute Gasteiger partial charge is 0.268 e. The molecule has 0 aliphatic carbocycles. The third kappa shape index (κ3) is 3.71. The standard InChI is InChI=1S/C17H19BrN2O5S2/c1-3-25-16-7-4-13(18)10-17(16)27(23,24)20-11(2)8-12-9-14(26(19,21)22)5-6-15(12)20/h4-7,9-11H,3,8H2,1-2H3,(H2,19,21,22)/t11-/m1/s1. The van der Waals surface area contributed by atoms with Crippen LogP contribution in [0.4, 0.5) is 5.69 Å². The van der Waals surface area contributed by atoms with Crippen molar-refractivity contribution in [1.82, 2.24) is 0 Å². The topological polar surface area (TPSA) is 107 Å². The molecule has 146 valence electrons. The van der Waals surface area contributed by atoms with E-state index in [1.165, 1.54) is 28.6 Å². The molecule has 1 heterocycles. The Hall–Kier alpha value is -1.62. The summed E-state index contributed by atoms with van der Waals surface area (Å²) in [5, 5.41) is 5.19. The van der Waals surface area contributed by atoms with Crippen LogP contribution in [0.25, 0.3) is 0 Å². The minimum atomic E-state index is -3.93. The maximum atomic E-state index is 13.4. The summed E-state index contributed by atoms with van der Waals surface area (Å²) in [4.78, 5) is 0.0131. The number of nitrogens with two attached hydrogens (primary N) is 1. The Morgan fingerprint density at radius 2 is 1.89 bits per heavy atom. The van der Waals surface area contributed by atoms with Gasteiger partial charge in [0.05, 0.1) is 17.2 Å². The van der Waals surface area contributed by atoms with Gasteiger partial charge in [-0.2, -0.15) is 0 Å². The van der Waals surface area contributed by atoms with E-state index in [9.17, 15) is 16.8 Å². The number of anilines is 1. The van der Waals surface area contributed by atoms with E-state index in [4.69, 9.17) is 9.88 Å². The van der Waals surface area contributed by atoms with E-state index in [-0.39, 0.29) is 21.6 Å². The first-order chi connectivity index (χ1) is 12.6. The molecule has 7 nitrogen and oxygen atoms in total. The summed E-state index contributed by atoms with van der Waals surface area (Å²) >= 11 is 3.31. The monoisotopic (exact) mass is 474 g/mol. The summed E-state index contributed by atoms with van der Waals surface area (Å²) < 4.78 is 57.4. The summed E-state index contributed by atoms with van der Waals surface area (Å²) in [6.45, 7) is 3.88. The Balaban J connectivity index is 2.14. The zero-order chi connectivity index (χ0) is 20.0. The van der Waals surface area contributed by atoms with Crippen LogP contribution in [0, 0.1) is 0 Å². The molecule has 0 bridgehead atoms. The maximum absolute atomic E-state index is 13.4. The van der Waals surface area contributed by atoms with E-state index in [0.717, 1.165) is 0 Å². The summed E-state index contributed by atoms with van der Waals surface area (Å²) in [7, 11) is -7.79. The van der Waals surface area contributed by atoms with Crippen LogP contribution in [-0.2, 0) is 26.5 Å². The number of sulfonamides is 2. The molecule has 0 radical (unpaired) electrons. The molecule has 0 fully saturated rings. The molecule has 10 heteroatoms. The van der Waals surface area contributed by atoms with Crippen LogP contribution in [0.2, 0.25) is 0 Å². The Kier molecular flexibility index (Phi) is 5.28. The molecule has 1 aliphatic rings. The number of rotatable bonds is 5. The third-order valence-corrected chi connectivity index (χ3v) is 7.63. The van der Waals surface area contributed by atoms with Crippen molar-refractivity contribution >= 4 is 41.7 Å². The van der Waals surface area contributed by atoms with E-state index < -0.39 is 20.0 Å². The van der Waals surface area contributed by atoms with E-state index in [1.54, 1.807) is 26.0 Å². The second-order valence-corrected chi connectivity index (χ2v) is 10.5. The number of fused-ring (bicyclic) bond motifs is 1. The first-order valence-corrected chi connectivity index (χ1v) is 12.0. The first kappa shape index (κ1) is 20.1. The van der Waals surface area contributed by atoms with Gasteiger partial charge in [0.1, 0.15) is 10.6 Å². The number of halogens is 1. The average Bonchev–Trinajstić information content (AvgIpc) is 2.91. The Bertz CT molecular complexity index is 1100. The fraction of sp³-hybridized carbons (Fsp3) is 0.294. The molecule has 2 aromatic rings. The van der Waals surface area contributed by atoms with Crippen molar-refractivity contribution in [3.05, 3.63) is 46.4 Å². The highest BCUT2D eigenvalue weighted by Gasteiger charge is 2.38. The second kappa shape index (κ2) is 7.08. The van der Waals surface area contributed by atoms with Gasteiger partial charge in [0.2, 0.25) is 10.0 Å². The lowest BCUT2D eigenvalue weighted by Gasteiger charge is -2.25. The minimum Gasteiger partial charge on any atom is -0.492 e. The van der Waals surface area contributed by atoms with Crippen LogP contribution in [0.3, 0.4) is 0 Å². The highest BCUT2D eigenvalue weighted by molar-refractivity contribution is 9.10. The summed E-state index contributed by atoms with van der Waals surface area (Å²) in [6.07, 6.45) is 0.385. The van der Waals surface area contributed by atoms with Gasteiger partial charge in [-0.15, -0.1) is 0 Å². The van der Waals surface area contributed by atoms with Crippen LogP contribution < -0.4 is 14.2 Å². The predicted octanol–water partition coefficient (Wildman–Crippen LogP) is 2.64. The molecule has 1 aliphatic heterocycles. The molecule has 1 atom stereocenters. The van der Waals surface area contributed by atoms with Gasteiger partial charge in [-0.05, 0) is 62.2 Å². The molecular weight excluding hydrogens is 456 g/mol. The first-order valence-electron chi connectivity index (χ1n) is 8.18. The van der Waals surface area contributed by atoms with Gasteiger partial charge in [-0.1, -0.05) is 15.9 Å². The van der Waals surface area contributed by atoms with Gasteiger partial charge in [0.15, 0.2) is 0 Å². The van der Waals surface area contributed by atoms with Crippen molar-refractivity contribution in [2.75, 3.05) is 10.9 Å². The van der Waals surface area contributed by atoms with Crippen LogP contribution >= 0.6 is 15.9 Å². The Morgan fingerprint density at radius 3 is 2.52 bits per heavy atom. The number of nitrogens with zero attached hydrogens (tertiary/aromatic N) is 1. The van der Waals surface area contributed by atoms with Crippen molar-refractivity contribution < 1.29 is 21.6 Å². The highest BCUT2D eigenvalue weighted by Crippen LogP contribution is 2.40. The molecule has 2 aromatic carbocycles. The lowest BCUT2D eigenvalue weighted by Crippen LogP contribution is -2.36. The van der Waals surface area contributed by atoms with Crippen molar-refractivity contribution in [2.45, 2.75) is 36.1 Å². The molecule has 0 spiro atoms. The number of hydrogen-bond acceptors (Lipinski definition) is 5. The number of ether oxygens (including phenoxy) is 1. The zero-order valence-corrected chi connectivity index (χ0v) is 17.9. The summed E-state index contributed by atoms with van der Waals surface area (Å²) in [5.74, 6) is 0.266. The minimum absolute atomic E-state index is 0.0369. The van der Waals surface area contributed by atoms with Crippen molar-refractivity contribution in [3.63, 3.8) is 0 Å². The summed E-state index contributed by atoms with van der Waals surface area (Å²) in [6, 6.07) is 8.67. The molecular formula is C17H19BrN2O5S2. The molecule has 0 saturated carbocycles.